The van der Waals surface area contributed by atoms with Crippen LogP contribution in [0.5, 0.6) is 0 Å². The van der Waals surface area contributed by atoms with Crippen LogP contribution in [-0.2, 0) is 6.42 Å². The second kappa shape index (κ2) is 8.25. The summed E-state index contributed by atoms with van der Waals surface area (Å²) in [5, 5.41) is 4.15. The van der Waals surface area contributed by atoms with Gasteiger partial charge in [-0.15, -0.1) is 11.8 Å². The van der Waals surface area contributed by atoms with E-state index in [9.17, 15) is 4.79 Å². The SMILES string of the molecule is CC(C)Sc1ccccc1C(=O)NCCc1cccc(Cl)c1. The maximum atomic E-state index is 12.4. The average molecular weight is 334 g/mol. The van der Waals surface area contributed by atoms with Gasteiger partial charge in [0, 0.05) is 21.7 Å². The zero-order chi connectivity index (χ0) is 15.9. The third-order valence-electron chi connectivity index (χ3n) is 3.08. The number of amides is 1. The molecule has 1 amide bonds. The first-order valence-electron chi connectivity index (χ1n) is 7.34. The molecule has 2 rings (SSSR count). The smallest absolute Gasteiger partial charge is 0.252 e. The quantitative estimate of drug-likeness (QED) is 0.768. The lowest BCUT2D eigenvalue weighted by atomic mass is 10.1. The van der Waals surface area contributed by atoms with Gasteiger partial charge in [0.2, 0.25) is 0 Å². The van der Waals surface area contributed by atoms with Gasteiger partial charge in [0.1, 0.15) is 0 Å². The molecule has 0 aliphatic rings. The van der Waals surface area contributed by atoms with Crippen molar-refractivity contribution < 1.29 is 4.79 Å². The van der Waals surface area contributed by atoms with E-state index in [0.717, 1.165) is 27.5 Å². The van der Waals surface area contributed by atoms with Crippen LogP contribution in [0, 0.1) is 0 Å². The Morgan fingerprint density at radius 3 is 2.68 bits per heavy atom. The standard InChI is InChI=1S/C18H20ClNOS/c1-13(2)22-17-9-4-3-8-16(17)18(21)20-11-10-14-6-5-7-15(19)12-14/h3-9,12-13H,10-11H2,1-2H3,(H,20,21). The molecule has 0 saturated heterocycles. The first kappa shape index (κ1) is 16.9. The zero-order valence-electron chi connectivity index (χ0n) is 12.8. The fourth-order valence-electron chi connectivity index (χ4n) is 2.12. The molecule has 2 aromatic carbocycles. The molecular weight excluding hydrogens is 314 g/mol. The van der Waals surface area contributed by atoms with Crippen molar-refractivity contribution in [2.24, 2.45) is 0 Å². The number of carbonyl (C=O) groups excluding carboxylic acids is 1. The molecule has 1 N–H and O–H groups in total. The molecule has 0 bridgehead atoms. The van der Waals surface area contributed by atoms with Crippen molar-refractivity contribution in [1.29, 1.82) is 0 Å². The second-order valence-corrected chi connectivity index (χ2v) is 7.35. The van der Waals surface area contributed by atoms with Crippen molar-refractivity contribution in [3.8, 4) is 0 Å². The molecule has 116 valence electrons. The highest BCUT2D eigenvalue weighted by Gasteiger charge is 2.11. The van der Waals surface area contributed by atoms with Gasteiger partial charge in [-0.1, -0.05) is 49.7 Å². The Labute approximate surface area is 141 Å². The predicted octanol–water partition coefficient (Wildman–Crippen LogP) is 4.81. The van der Waals surface area contributed by atoms with E-state index in [2.05, 4.69) is 19.2 Å². The molecule has 22 heavy (non-hydrogen) atoms. The van der Waals surface area contributed by atoms with Crippen LogP contribution in [0.4, 0.5) is 0 Å². The summed E-state index contributed by atoms with van der Waals surface area (Å²) in [4.78, 5) is 13.4. The maximum Gasteiger partial charge on any atom is 0.252 e. The lowest BCUT2D eigenvalue weighted by Gasteiger charge is -2.11. The fourth-order valence-corrected chi connectivity index (χ4v) is 3.28. The lowest BCUT2D eigenvalue weighted by Crippen LogP contribution is -2.26. The van der Waals surface area contributed by atoms with Gasteiger partial charge >= 0.3 is 0 Å². The van der Waals surface area contributed by atoms with Crippen LogP contribution in [0.3, 0.4) is 0 Å². The Bertz CT molecular complexity index is 642. The van der Waals surface area contributed by atoms with E-state index in [0.29, 0.717) is 11.8 Å². The van der Waals surface area contributed by atoms with Crippen LogP contribution in [0.2, 0.25) is 5.02 Å². The Morgan fingerprint density at radius 1 is 1.18 bits per heavy atom. The summed E-state index contributed by atoms with van der Waals surface area (Å²) in [6.45, 7) is 4.84. The normalized spacial score (nSPS) is 10.7. The number of thioether (sulfide) groups is 1. The van der Waals surface area contributed by atoms with Crippen LogP contribution in [0.15, 0.2) is 53.4 Å². The summed E-state index contributed by atoms with van der Waals surface area (Å²) in [6, 6.07) is 15.5. The van der Waals surface area contributed by atoms with Gasteiger partial charge < -0.3 is 5.32 Å². The third kappa shape index (κ3) is 5.08. The number of carbonyl (C=O) groups is 1. The van der Waals surface area contributed by atoms with Crippen molar-refractivity contribution in [2.45, 2.75) is 30.4 Å². The maximum absolute atomic E-state index is 12.4. The molecule has 0 spiro atoms. The van der Waals surface area contributed by atoms with E-state index < -0.39 is 0 Å². The third-order valence-corrected chi connectivity index (χ3v) is 4.40. The highest BCUT2D eigenvalue weighted by atomic mass is 35.5. The summed E-state index contributed by atoms with van der Waals surface area (Å²) in [6.07, 6.45) is 0.770. The number of hydrogen-bond donors (Lipinski definition) is 1. The molecule has 0 heterocycles. The minimum atomic E-state index is -0.0224. The van der Waals surface area contributed by atoms with Crippen LogP contribution >= 0.6 is 23.4 Å². The molecule has 0 atom stereocenters. The van der Waals surface area contributed by atoms with Gasteiger partial charge in [0.05, 0.1) is 5.56 Å². The van der Waals surface area contributed by atoms with E-state index in [1.54, 1.807) is 11.8 Å². The number of rotatable bonds is 6. The van der Waals surface area contributed by atoms with E-state index in [1.807, 2.05) is 48.5 Å². The summed E-state index contributed by atoms with van der Waals surface area (Å²) in [7, 11) is 0. The van der Waals surface area contributed by atoms with Gasteiger partial charge in [-0.05, 0) is 36.2 Å². The number of halogens is 1. The molecule has 0 saturated carbocycles. The monoisotopic (exact) mass is 333 g/mol. The van der Waals surface area contributed by atoms with Gasteiger partial charge in [-0.2, -0.15) is 0 Å². The molecule has 0 radical (unpaired) electrons. The van der Waals surface area contributed by atoms with Crippen molar-refractivity contribution in [3.63, 3.8) is 0 Å². The molecule has 0 aromatic heterocycles. The number of nitrogens with one attached hydrogen (secondary N) is 1. The van der Waals surface area contributed by atoms with Gasteiger partial charge in [-0.3, -0.25) is 4.79 Å². The Kier molecular flexibility index (Phi) is 6.34. The fraction of sp³-hybridized carbons (Fsp3) is 0.278. The lowest BCUT2D eigenvalue weighted by molar-refractivity contribution is 0.0951. The van der Waals surface area contributed by atoms with E-state index in [1.165, 1.54) is 0 Å². The second-order valence-electron chi connectivity index (χ2n) is 5.30. The highest BCUT2D eigenvalue weighted by Crippen LogP contribution is 2.26. The summed E-state index contributed by atoms with van der Waals surface area (Å²) in [5.41, 5.74) is 1.87. The summed E-state index contributed by atoms with van der Waals surface area (Å²) >= 11 is 7.67. The van der Waals surface area contributed by atoms with Gasteiger partial charge in [0.15, 0.2) is 0 Å². The molecule has 2 aromatic rings. The minimum absolute atomic E-state index is 0.0224. The molecule has 0 fully saturated rings. The summed E-state index contributed by atoms with van der Waals surface area (Å²) in [5.74, 6) is -0.0224. The van der Waals surface area contributed by atoms with Gasteiger partial charge in [0.25, 0.3) is 5.91 Å². The van der Waals surface area contributed by atoms with Crippen molar-refractivity contribution >= 4 is 29.3 Å². The van der Waals surface area contributed by atoms with E-state index >= 15 is 0 Å². The Morgan fingerprint density at radius 2 is 1.95 bits per heavy atom. The van der Waals surface area contributed by atoms with Crippen LogP contribution in [0.1, 0.15) is 29.8 Å². The topological polar surface area (TPSA) is 29.1 Å². The summed E-state index contributed by atoms with van der Waals surface area (Å²) < 4.78 is 0. The number of hydrogen-bond acceptors (Lipinski definition) is 2. The average Bonchev–Trinajstić information content (AvgIpc) is 2.47. The van der Waals surface area contributed by atoms with E-state index in [-0.39, 0.29) is 5.91 Å². The van der Waals surface area contributed by atoms with Crippen LogP contribution < -0.4 is 5.32 Å². The minimum Gasteiger partial charge on any atom is -0.352 e. The molecule has 2 nitrogen and oxygen atoms in total. The van der Waals surface area contributed by atoms with Crippen LogP contribution in [0.25, 0.3) is 0 Å². The van der Waals surface area contributed by atoms with Crippen molar-refractivity contribution in [1.82, 2.24) is 5.32 Å². The van der Waals surface area contributed by atoms with Gasteiger partial charge in [-0.25, -0.2) is 0 Å². The first-order chi connectivity index (χ1) is 10.6. The Hall–Kier alpha value is -1.45. The highest BCUT2D eigenvalue weighted by molar-refractivity contribution is 8.00. The van der Waals surface area contributed by atoms with E-state index in [4.69, 9.17) is 11.6 Å². The molecule has 0 unspecified atom stereocenters. The molecule has 0 aliphatic carbocycles. The molecular formula is C18H20ClNOS. The number of benzene rings is 2. The largest absolute Gasteiger partial charge is 0.352 e. The van der Waals surface area contributed by atoms with Crippen LogP contribution in [-0.4, -0.2) is 17.7 Å². The first-order valence-corrected chi connectivity index (χ1v) is 8.60. The molecule has 0 aliphatic heterocycles. The zero-order valence-corrected chi connectivity index (χ0v) is 14.4. The van der Waals surface area contributed by atoms with Crippen molar-refractivity contribution in [3.05, 3.63) is 64.7 Å². The Balaban J connectivity index is 1.95. The predicted molar refractivity (Wildman–Crippen MR) is 94.9 cm³/mol. The van der Waals surface area contributed by atoms with Crippen molar-refractivity contribution in [2.75, 3.05) is 6.54 Å². The molecule has 4 heteroatoms.